The number of rotatable bonds is 10. The van der Waals surface area contributed by atoms with Gasteiger partial charge in [-0.05, 0) is 77.8 Å². The lowest BCUT2D eigenvalue weighted by atomic mass is 9.90. The molecule has 0 spiro atoms. The van der Waals surface area contributed by atoms with Gasteiger partial charge < -0.3 is 20.4 Å². The molecule has 7 rings (SSSR count). The van der Waals surface area contributed by atoms with E-state index in [1.54, 1.807) is 0 Å². The van der Waals surface area contributed by atoms with Crippen LogP contribution in [0.25, 0.3) is 10.8 Å². The predicted octanol–water partition coefficient (Wildman–Crippen LogP) is 7.19. The fraction of sp³-hybridized carbons (Fsp3) is 0.302. The van der Waals surface area contributed by atoms with Gasteiger partial charge in [-0.15, -0.1) is 0 Å². The number of para-hydroxylation sites is 1. The van der Waals surface area contributed by atoms with E-state index in [4.69, 9.17) is 0 Å². The van der Waals surface area contributed by atoms with Crippen LogP contribution < -0.4 is 15.5 Å². The van der Waals surface area contributed by atoms with Crippen LogP contribution in [0.1, 0.15) is 58.6 Å². The van der Waals surface area contributed by atoms with Gasteiger partial charge in [-0.2, -0.15) is 0 Å². The molecule has 2 heterocycles. The number of hydrogen-bond donors (Lipinski definition) is 2. The molecule has 49 heavy (non-hydrogen) atoms. The Morgan fingerprint density at radius 3 is 2.12 bits per heavy atom. The second kappa shape index (κ2) is 15.5. The van der Waals surface area contributed by atoms with Crippen molar-refractivity contribution in [1.82, 2.24) is 15.5 Å². The molecule has 6 nitrogen and oxygen atoms in total. The Morgan fingerprint density at radius 2 is 1.39 bits per heavy atom. The third kappa shape index (κ3) is 7.87. The second-order valence-corrected chi connectivity index (χ2v) is 13.5. The minimum atomic E-state index is -0.414. The molecule has 0 radical (unpaired) electrons. The SMILES string of the molecule is O=C(NCC1CCN(CC(c2ccccc2)c2ccccc2)C(=O)C(Cc2ccccc2N2CCCCC2)N1)c1ccc2ccccc2c1. The van der Waals surface area contributed by atoms with E-state index < -0.39 is 6.04 Å². The van der Waals surface area contributed by atoms with Crippen molar-refractivity contribution < 1.29 is 9.59 Å². The molecule has 2 saturated heterocycles. The van der Waals surface area contributed by atoms with Gasteiger partial charge in [0.1, 0.15) is 0 Å². The number of fused-ring (bicyclic) bond motifs is 1. The minimum Gasteiger partial charge on any atom is -0.371 e. The number of carbonyl (C=O) groups is 2. The van der Waals surface area contributed by atoms with Gasteiger partial charge in [0, 0.05) is 55.9 Å². The second-order valence-electron chi connectivity index (χ2n) is 13.5. The highest BCUT2D eigenvalue weighted by molar-refractivity contribution is 5.98. The van der Waals surface area contributed by atoms with Gasteiger partial charge in [-0.25, -0.2) is 0 Å². The molecule has 250 valence electrons. The highest BCUT2D eigenvalue weighted by Gasteiger charge is 2.34. The van der Waals surface area contributed by atoms with E-state index in [0.717, 1.165) is 30.3 Å². The van der Waals surface area contributed by atoms with Crippen LogP contribution in [0, 0.1) is 0 Å². The number of amides is 2. The first-order valence-corrected chi connectivity index (χ1v) is 17.9. The summed E-state index contributed by atoms with van der Waals surface area (Å²) < 4.78 is 0. The van der Waals surface area contributed by atoms with Crippen molar-refractivity contribution >= 4 is 28.3 Å². The van der Waals surface area contributed by atoms with E-state index in [9.17, 15) is 9.59 Å². The first kappa shape index (κ1) is 32.6. The number of nitrogens with one attached hydrogen (secondary N) is 2. The fourth-order valence-corrected chi connectivity index (χ4v) is 7.56. The van der Waals surface area contributed by atoms with Crippen LogP contribution in [0.2, 0.25) is 0 Å². The number of piperidine rings is 1. The van der Waals surface area contributed by atoms with Gasteiger partial charge in [0.2, 0.25) is 5.91 Å². The number of hydrogen-bond acceptors (Lipinski definition) is 4. The molecule has 0 saturated carbocycles. The molecule has 6 heteroatoms. The van der Waals surface area contributed by atoms with Gasteiger partial charge in [0.05, 0.1) is 6.04 Å². The Hall–Kier alpha value is -4.94. The smallest absolute Gasteiger partial charge is 0.251 e. The van der Waals surface area contributed by atoms with E-state index >= 15 is 0 Å². The predicted molar refractivity (Wildman–Crippen MR) is 199 cm³/mol. The Balaban J connectivity index is 1.14. The molecule has 5 aromatic carbocycles. The average molecular weight is 651 g/mol. The molecule has 2 N–H and O–H groups in total. The van der Waals surface area contributed by atoms with Crippen LogP contribution >= 0.6 is 0 Å². The van der Waals surface area contributed by atoms with Crippen LogP contribution in [0.15, 0.2) is 127 Å². The maximum absolute atomic E-state index is 14.6. The molecule has 2 fully saturated rings. The standard InChI is InChI=1S/C43H46N4O2/c48-42(37-23-22-32-14-8-9-19-35(32)28-37)44-30-38-24-27-47(31-39(33-15-4-1-5-16-33)34-17-6-2-7-18-34)43(49)40(45-38)29-36-20-10-11-21-41(36)46-25-12-3-13-26-46/h1-2,4-11,14-23,28,38-40,45H,3,12-13,24-27,29-31H2,(H,44,48). The monoisotopic (exact) mass is 650 g/mol. The zero-order chi connectivity index (χ0) is 33.4. The summed E-state index contributed by atoms with van der Waals surface area (Å²) in [5.41, 5.74) is 5.47. The number of nitrogens with zero attached hydrogens (tertiary/aromatic N) is 2. The summed E-state index contributed by atoms with van der Waals surface area (Å²) in [4.78, 5) is 32.6. The van der Waals surface area contributed by atoms with Crippen molar-refractivity contribution in [1.29, 1.82) is 0 Å². The number of benzene rings is 5. The lowest BCUT2D eigenvalue weighted by Crippen LogP contribution is -2.50. The first-order chi connectivity index (χ1) is 24.1. The van der Waals surface area contributed by atoms with Gasteiger partial charge in [0.25, 0.3) is 5.91 Å². The van der Waals surface area contributed by atoms with Crippen molar-refractivity contribution in [3.8, 4) is 0 Å². The van der Waals surface area contributed by atoms with Gasteiger partial charge in [0.15, 0.2) is 0 Å². The molecule has 2 amide bonds. The Morgan fingerprint density at radius 1 is 0.735 bits per heavy atom. The Labute approximate surface area is 290 Å². The van der Waals surface area contributed by atoms with Gasteiger partial charge in [-0.1, -0.05) is 109 Å². The summed E-state index contributed by atoms with van der Waals surface area (Å²) >= 11 is 0. The summed E-state index contributed by atoms with van der Waals surface area (Å²) in [5.74, 6) is 0.0747. The van der Waals surface area contributed by atoms with Crippen LogP contribution in [0.4, 0.5) is 5.69 Å². The largest absolute Gasteiger partial charge is 0.371 e. The minimum absolute atomic E-state index is 0.0526. The topological polar surface area (TPSA) is 64.7 Å². The lowest BCUT2D eigenvalue weighted by Gasteiger charge is -2.32. The van der Waals surface area contributed by atoms with E-state index in [1.807, 2.05) is 48.5 Å². The van der Waals surface area contributed by atoms with E-state index in [2.05, 4.69) is 99.3 Å². The molecule has 5 aromatic rings. The number of carbonyl (C=O) groups excluding carboxylic acids is 2. The quantitative estimate of drug-likeness (QED) is 0.168. The molecular formula is C43H46N4O2. The van der Waals surface area contributed by atoms with Gasteiger partial charge in [-0.3, -0.25) is 9.59 Å². The van der Waals surface area contributed by atoms with Crippen LogP contribution in [-0.2, 0) is 11.2 Å². The highest BCUT2D eigenvalue weighted by Crippen LogP contribution is 2.29. The van der Waals surface area contributed by atoms with Crippen molar-refractivity contribution in [2.24, 2.45) is 0 Å². The average Bonchev–Trinajstić information content (AvgIpc) is 3.31. The maximum atomic E-state index is 14.6. The van der Waals surface area contributed by atoms with Crippen molar-refractivity contribution in [3.63, 3.8) is 0 Å². The molecule has 2 aliphatic heterocycles. The third-order valence-corrected chi connectivity index (χ3v) is 10.2. The molecule has 0 bridgehead atoms. The zero-order valence-corrected chi connectivity index (χ0v) is 28.1. The Kier molecular flexibility index (Phi) is 10.3. The van der Waals surface area contributed by atoms with Crippen molar-refractivity contribution in [2.45, 2.75) is 50.1 Å². The zero-order valence-electron chi connectivity index (χ0n) is 28.1. The number of anilines is 1. The van der Waals surface area contributed by atoms with Crippen LogP contribution in [0.3, 0.4) is 0 Å². The first-order valence-electron chi connectivity index (χ1n) is 17.9. The van der Waals surface area contributed by atoms with Crippen LogP contribution in [-0.4, -0.2) is 61.5 Å². The maximum Gasteiger partial charge on any atom is 0.251 e. The summed E-state index contributed by atoms with van der Waals surface area (Å²) in [6.45, 7) is 3.75. The van der Waals surface area contributed by atoms with Gasteiger partial charge >= 0.3 is 0 Å². The fourth-order valence-electron chi connectivity index (χ4n) is 7.56. The van der Waals surface area contributed by atoms with E-state index in [1.165, 1.54) is 41.6 Å². The summed E-state index contributed by atoms with van der Waals surface area (Å²) in [7, 11) is 0. The summed E-state index contributed by atoms with van der Waals surface area (Å²) in [5, 5.41) is 9.09. The van der Waals surface area contributed by atoms with Crippen LogP contribution in [0.5, 0.6) is 0 Å². The molecule has 2 unspecified atom stereocenters. The van der Waals surface area contributed by atoms with Crippen molar-refractivity contribution in [2.75, 3.05) is 37.6 Å². The molecule has 0 aliphatic carbocycles. The van der Waals surface area contributed by atoms with E-state index in [0.29, 0.717) is 31.6 Å². The molecular weight excluding hydrogens is 604 g/mol. The normalized spacial score (nSPS) is 18.4. The molecule has 2 atom stereocenters. The lowest BCUT2D eigenvalue weighted by molar-refractivity contribution is -0.132. The van der Waals surface area contributed by atoms with E-state index in [-0.39, 0.29) is 23.8 Å². The molecule has 2 aliphatic rings. The molecule has 0 aromatic heterocycles. The third-order valence-electron chi connectivity index (χ3n) is 10.2. The van der Waals surface area contributed by atoms with Crippen molar-refractivity contribution in [3.05, 3.63) is 150 Å². The highest BCUT2D eigenvalue weighted by atomic mass is 16.2. The summed E-state index contributed by atoms with van der Waals surface area (Å²) in [6, 6.07) is 43.1. The Bertz CT molecular complexity index is 1810. The summed E-state index contributed by atoms with van der Waals surface area (Å²) in [6.07, 6.45) is 5.00.